The van der Waals surface area contributed by atoms with Crippen LogP contribution in [0.5, 0.6) is 0 Å². The summed E-state index contributed by atoms with van der Waals surface area (Å²) in [6.45, 7) is 2.53. The first kappa shape index (κ1) is 14.7. The molecule has 1 atom stereocenters. The van der Waals surface area contributed by atoms with Crippen molar-refractivity contribution in [3.05, 3.63) is 40.2 Å². The highest BCUT2D eigenvalue weighted by molar-refractivity contribution is 7.09. The highest BCUT2D eigenvalue weighted by atomic mass is 32.1. The molecule has 3 N–H and O–H groups in total. The van der Waals surface area contributed by atoms with Gasteiger partial charge in [-0.2, -0.15) is 0 Å². The number of aryl methyl sites for hydroxylation is 1. The molecule has 0 aliphatic rings. The number of nitrogens with one attached hydrogen (secondary N) is 1. The van der Waals surface area contributed by atoms with Crippen molar-refractivity contribution in [2.45, 2.75) is 32.2 Å². The summed E-state index contributed by atoms with van der Waals surface area (Å²) in [5.74, 6) is 0.807. The van der Waals surface area contributed by atoms with Crippen molar-refractivity contribution in [2.75, 3.05) is 6.54 Å². The average Bonchev–Trinajstić information content (AvgIpc) is 3.08. The molecule has 108 valence electrons. The third kappa shape index (κ3) is 4.18. The second-order valence-electron chi connectivity index (χ2n) is 4.66. The standard InChI is InChI=1S/C14H19N3O2S/c1-10(4-5-11-3-2-8-19-11)16-14(18)12-9-20-13(17-12)6-7-15/h2-3,8-10H,4-7,15H2,1H3,(H,16,18). The lowest BCUT2D eigenvalue weighted by Crippen LogP contribution is -2.33. The molecule has 2 rings (SSSR count). The van der Waals surface area contributed by atoms with Crippen molar-refractivity contribution in [3.8, 4) is 0 Å². The van der Waals surface area contributed by atoms with E-state index in [9.17, 15) is 4.79 Å². The van der Waals surface area contributed by atoms with Crippen molar-refractivity contribution in [3.63, 3.8) is 0 Å². The number of aromatic nitrogens is 1. The van der Waals surface area contributed by atoms with E-state index in [0.717, 1.165) is 23.6 Å². The number of furan rings is 1. The minimum absolute atomic E-state index is 0.0762. The van der Waals surface area contributed by atoms with E-state index in [1.807, 2.05) is 19.1 Å². The molecule has 0 fully saturated rings. The van der Waals surface area contributed by atoms with Crippen LogP contribution >= 0.6 is 11.3 Å². The third-order valence-electron chi connectivity index (χ3n) is 2.92. The van der Waals surface area contributed by atoms with E-state index in [1.165, 1.54) is 11.3 Å². The maximum absolute atomic E-state index is 12.0. The highest BCUT2D eigenvalue weighted by Gasteiger charge is 2.13. The fourth-order valence-electron chi connectivity index (χ4n) is 1.84. The first-order valence-electron chi connectivity index (χ1n) is 6.66. The van der Waals surface area contributed by atoms with E-state index in [-0.39, 0.29) is 11.9 Å². The van der Waals surface area contributed by atoms with Crippen molar-refractivity contribution in [1.29, 1.82) is 0 Å². The SMILES string of the molecule is CC(CCc1ccco1)NC(=O)c1csc(CCN)n1. The summed E-state index contributed by atoms with van der Waals surface area (Å²) >= 11 is 1.47. The largest absolute Gasteiger partial charge is 0.469 e. The van der Waals surface area contributed by atoms with Crippen molar-refractivity contribution in [2.24, 2.45) is 5.73 Å². The number of thiazole rings is 1. The highest BCUT2D eigenvalue weighted by Crippen LogP contribution is 2.11. The van der Waals surface area contributed by atoms with Crippen LogP contribution in [-0.4, -0.2) is 23.5 Å². The Balaban J connectivity index is 1.80. The lowest BCUT2D eigenvalue weighted by Gasteiger charge is -2.11. The molecule has 5 nitrogen and oxygen atoms in total. The Kier molecular flexibility index (Phi) is 5.31. The Hall–Kier alpha value is -1.66. The van der Waals surface area contributed by atoms with Crippen LogP contribution in [0.15, 0.2) is 28.2 Å². The third-order valence-corrected chi connectivity index (χ3v) is 3.83. The molecule has 0 spiro atoms. The molecule has 0 radical (unpaired) electrons. The van der Waals surface area contributed by atoms with Gasteiger partial charge in [0, 0.05) is 24.3 Å². The molecule has 1 amide bonds. The number of amides is 1. The van der Waals surface area contributed by atoms with Gasteiger partial charge in [-0.05, 0) is 32.0 Å². The molecular formula is C14H19N3O2S. The number of hydrogen-bond acceptors (Lipinski definition) is 5. The van der Waals surface area contributed by atoms with Crippen LogP contribution in [0.25, 0.3) is 0 Å². The second-order valence-corrected chi connectivity index (χ2v) is 5.60. The van der Waals surface area contributed by atoms with Crippen molar-refractivity contribution in [1.82, 2.24) is 10.3 Å². The number of hydrogen-bond donors (Lipinski definition) is 2. The Morgan fingerprint density at radius 1 is 1.55 bits per heavy atom. The van der Waals surface area contributed by atoms with Gasteiger partial charge in [0.1, 0.15) is 11.5 Å². The van der Waals surface area contributed by atoms with E-state index in [4.69, 9.17) is 10.2 Å². The minimum atomic E-state index is -0.128. The van der Waals surface area contributed by atoms with Crippen LogP contribution in [0.2, 0.25) is 0 Å². The monoisotopic (exact) mass is 293 g/mol. The van der Waals surface area contributed by atoms with Gasteiger partial charge in [-0.3, -0.25) is 4.79 Å². The number of carbonyl (C=O) groups excluding carboxylic acids is 1. The van der Waals surface area contributed by atoms with Crippen LogP contribution < -0.4 is 11.1 Å². The Morgan fingerprint density at radius 2 is 2.40 bits per heavy atom. The van der Waals surface area contributed by atoms with Gasteiger partial charge in [-0.1, -0.05) is 0 Å². The van der Waals surface area contributed by atoms with Crippen LogP contribution in [0.1, 0.15) is 34.6 Å². The van der Waals surface area contributed by atoms with Gasteiger partial charge >= 0.3 is 0 Å². The Labute approximate surface area is 122 Å². The van der Waals surface area contributed by atoms with Crippen molar-refractivity contribution < 1.29 is 9.21 Å². The van der Waals surface area contributed by atoms with Gasteiger partial charge in [-0.15, -0.1) is 11.3 Å². The lowest BCUT2D eigenvalue weighted by atomic mass is 10.1. The molecule has 0 bridgehead atoms. The molecule has 0 saturated heterocycles. The van der Waals surface area contributed by atoms with E-state index in [2.05, 4.69) is 10.3 Å². The summed E-state index contributed by atoms with van der Waals surface area (Å²) in [6, 6.07) is 3.88. The quantitative estimate of drug-likeness (QED) is 0.818. The second kappa shape index (κ2) is 7.21. The van der Waals surface area contributed by atoms with Gasteiger partial charge in [0.25, 0.3) is 5.91 Å². The molecule has 2 aromatic heterocycles. The maximum atomic E-state index is 12.0. The molecule has 6 heteroatoms. The maximum Gasteiger partial charge on any atom is 0.270 e. The fraction of sp³-hybridized carbons (Fsp3) is 0.429. The fourth-order valence-corrected chi connectivity index (χ4v) is 2.63. The number of carbonyl (C=O) groups is 1. The zero-order chi connectivity index (χ0) is 14.4. The molecular weight excluding hydrogens is 274 g/mol. The molecule has 20 heavy (non-hydrogen) atoms. The average molecular weight is 293 g/mol. The van der Waals surface area contributed by atoms with Crippen LogP contribution in [0, 0.1) is 0 Å². The van der Waals surface area contributed by atoms with Crippen LogP contribution in [0.4, 0.5) is 0 Å². The summed E-state index contributed by atoms with van der Waals surface area (Å²) in [7, 11) is 0. The smallest absolute Gasteiger partial charge is 0.270 e. The zero-order valence-electron chi connectivity index (χ0n) is 11.5. The van der Waals surface area contributed by atoms with Crippen molar-refractivity contribution >= 4 is 17.2 Å². The Bertz CT molecular complexity index is 536. The van der Waals surface area contributed by atoms with E-state index in [0.29, 0.717) is 18.7 Å². The summed E-state index contributed by atoms with van der Waals surface area (Å²) in [6.07, 6.45) is 4.02. The van der Waals surface area contributed by atoms with Gasteiger partial charge < -0.3 is 15.5 Å². The molecule has 1 unspecified atom stereocenters. The predicted molar refractivity (Wildman–Crippen MR) is 78.8 cm³/mol. The van der Waals surface area contributed by atoms with Gasteiger partial charge in [0.15, 0.2) is 0 Å². The number of rotatable bonds is 7. The summed E-state index contributed by atoms with van der Waals surface area (Å²) in [5.41, 5.74) is 5.95. The lowest BCUT2D eigenvalue weighted by molar-refractivity contribution is 0.0933. The Morgan fingerprint density at radius 3 is 3.10 bits per heavy atom. The molecule has 0 saturated carbocycles. The normalized spacial score (nSPS) is 12.3. The van der Waals surface area contributed by atoms with E-state index < -0.39 is 0 Å². The first-order chi connectivity index (χ1) is 9.69. The minimum Gasteiger partial charge on any atom is -0.469 e. The number of nitrogens with zero attached hydrogens (tertiary/aromatic N) is 1. The van der Waals surface area contributed by atoms with Gasteiger partial charge in [0.05, 0.1) is 11.3 Å². The van der Waals surface area contributed by atoms with E-state index in [1.54, 1.807) is 11.6 Å². The topological polar surface area (TPSA) is 81.2 Å². The van der Waals surface area contributed by atoms with Crippen LogP contribution in [0.3, 0.4) is 0 Å². The zero-order valence-corrected chi connectivity index (χ0v) is 12.3. The van der Waals surface area contributed by atoms with Gasteiger partial charge in [-0.25, -0.2) is 4.98 Å². The molecule has 0 aliphatic carbocycles. The van der Waals surface area contributed by atoms with E-state index >= 15 is 0 Å². The number of nitrogens with two attached hydrogens (primary N) is 1. The summed E-state index contributed by atoms with van der Waals surface area (Å²) in [5, 5.41) is 5.63. The predicted octanol–water partition coefficient (Wildman–Crippen LogP) is 1.99. The summed E-state index contributed by atoms with van der Waals surface area (Å²) in [4.78, 5) is 16.3. The first-order valence-corrected chi connectivity index (χ1v) is 7.54. The van der Waals surface area contributed by atoms with Gasteiger partial charge in [0.2, 0.25) is 0 Å². The molecule has 2 heterocycles. The molecule has 0 aromatic carbocycles. The molecule has 2 aromatic rings. The molecule has 0 aliphatic heterocycles. The van der Waals surface area contributed by atoms with Crippen LogP contribution in [-0.2, 0) is 12.8 Å². The summed E-state index contributed by atoms with van der Waals surface area (Å²) < 4.78 is 5.27.